The second kappa shape index (κ2) is 5.58. The molecular formula is C17H31N3. The van der Waals surface area contributed by atoms with Crippen LogP contribution < -0.4 is 5.32 Å². The predicted molar refractivity (Wildman–Crippen MR) is 82.9 cm³/mol. The van der Waals surface area contributed by atoms with Crippen molar-refractivity contribution in [1.29, 1.82) is 0 Å². The minimum atomic E-state index is 0.896. The summed E-state index contributed by atoms with van der Waals surface area (Å²) >= 11 is 0. The second-order valence-electron chi connectivity index (χ2n) is 7.80. The molecule has 4 aliphatic rings. The Balaban J connectivity index is 1.41. The fourth-order valence-electron chi connectivity index (χ4n) is 5.02. The maximum atomic E-state index is 3.52. The molecule has 1 N–H and O–H groups in total. The van der Waals surface area contributed by atoms with Gasteiger partial charge in [0.2, 0.25) is 0 Å². The maximum Gasteiger partial charge on any atom is 0.0128 e. The molecule has 0 amide bonds. The molecule has 114 valence electrons. The summed E-state index contributed by atoms with van der Waals surface area (Å²) in [5, 5.41) is 3.52. The van der Waals surface area contributed by atoms with E-state index in [9.17, 15) is 0 Å². The van der Waals surface area contributed by atoms with Crippen LogP contribution in [0.4, 0.5) is 0 Å². The summed E-state index contributed by atoms with van der Waals surface area (Å²) in [6.45, 7) is 3.91. The third kappa shape index (κ3) is 2.65. The Kier molecular flexibility index (Phi) is 3.78. The van der Waals surface area contributed by atoms with Crippen LogP contribution in [-0.2, 0) is 0 Å². The molecular weight excluding hydrogens is 246 g/mol. The van der Waals surface area contributed by atoms with Crippen LogP contribution in [0.25, 0.3) is 0 Å². The quantitative estimate of drug-likeness (QED) is 0.849. The monoisotopic (exact) mass is 277 g/mol. The smallest absolute Gasteiger partial charge is 0.0128 e. The van der Waals surface area contributed by atoms with Crippen molar-refractivity contribution >= 4 is 0 Å². The largest absolute Gasteiger partial charge is 0.317 e. The maximum absolute atomic E-state index is 3.52. The molecule has 3 nitrogen and oxygen atoms in total. The van der Waals surface area contributed by atoms with Crippen molar-refractivity contribution in [1.82, 2.24) is 15.1 Å². The minimum Gasteiger partial charge on any atom is -0.317 e. The van der Waals surface area contributed by atoms with Crippen LogP contribution in [-0.4, -0.2) is 60.6 Å². The highest BCUT2D eigenvalue weighted by atomic mass is 15.3. The minimum absolute atomic E-state index is 0.896. The molecule has 0 aromatic heterocycles. The van der Waals surface area contributed by atoms with Crippen molar-refractivity contribution in [2.75, 3.05) is 26.7 Å². The van der Waals surface area contributed by atoms with Gasteiger partial charge in [0, 0.05) is 30.7 Å². The lowest BCUT2D eigenvalue weighted by atomic mass is 9.92. The van der Waals surface area contributed by atoms with E-state index in [-0.39, 0.29) is 0 Å². The number of hydrogen-bond donors (Lipinski definition) is 1. The highest BCUT2D eigenvalue weighted by molar-refractivity contribution is 5.00. The molecule has 0 aromatic rings. The van der Waals surface area contributed by atoms with E-state index < -0.39 is 0 Å². The lowest BCUT2D eigenvalue weighted by molar-refractivity contribution is 0.0564. The zero-order chi connectivity index (χ0) is 13.5. The molecule has 2 bridgehead atoms. The van der Waals surface area contributed by atoms with Crippen LogP contribution in [0.3, 0.4) is 0 Å². The van der Waals surface area contributed by atoms with E-state index in [1.807, 2.05) is 0 Å². The first-order chi connectivity index (χ1) is 9.81. The van der Waals surface area contributed by atoms with Gasteiger partial charge in [-0.1, -0.05) is 0 Å². The van der Waals surface area contributed by atoms with Gasteiger partial charge in [-0.3, -0.25) is 4.90 Å². The van der Waals surface area contributed by atoms with Gasteiger partial charge in [-0.15, -0.1) is 0 Å². The van der Waals surface area contributed by atoms with Gasteiger partial charge in [-0.05, 0) is 77.4 Å². The molecule has 3 saturated heterocycles. The first-order valence-corrected chi connectivity index (χ1v) is 8.99. The Morgan fingerprint density at radius 2 is 1.55 bits per heavy atom. The third-order valence-corrected chi connectivity index (χ3v) is 6.49. The van der Waals surface area contributed by atoms with Gasteiger partial charge in [-0.25, -0.2) is 0 Å². The number of fused-ring (bicyclic) bond motifs is 2. The summed E-state index contributed by atoms with van der Waals surface area (Å²) in [6.07, 6.45) is 11.6. The van der Waals surface area contributed by atoms with E-state index in [2.05, 4.69) is 22.2 Å². The van der Waals surface area contributed by atoms with Gasteiger partial charge in [0.05, 0.1) is 0 Å². The van der Waals surface area contributed by atoms with Gasteiger partial charge < -0.3 is 10.2 Å². The fourth-order valence-corrected chi connectivity index (χ4v) is 5.02. The molecule has 3 heterocycles. The van der Waals surface area contributed by atoms with E-state index >= 15 is 0 Å². The molecule has 0 radical (unpaired) electrons. The van der Waals surface area contributed by atoms with Gasteiger partial charge in [-0.2, -0.15) is 0 Å². The van der Waals surface area contributed by atoms with Gasteiger partial charge in [0.15, 0.2) is 0 Å². The van der Waals surface area contributed by atoms with Crippen molar-refractivity contribution in [3.05, 3.63) is 0 Å². The molecule has 3 aliphatic heterocycles. The van der Waals surface area contributed by atoms with Crippen molar-refractivity contribution < 1.29 is 0 Å². The second-order valence-corrected chi connectivity index (χ2v) is 7.80. The first-order valence-electron chi connectivity index (χ1n) is 8.99. The van der Waals surface area contributed by atoms with Crippen molar-refractivity contribution in [3.63, 3.8) is 0 Å². The van der Waals surface area contributed by atoms with E-state index in [0.29, 0.717) is 0 Å². The van der Waals surface area contributed by atoms with Gasteiger partial charge in [0.1, 0.15) is 0 Å². The van der Waals surface area contributed by atoms with Crippen LogP contribution in [0.15, 0.2) is 0 Å². The molecule has 0 spiro atoms. The molecule has 1 aliphatic carbocycles. The van der Waals surface area contributed by atoms with Crippen molar-refractivity contribution in [2.24, 2.45) is 5.92 Å². The third-order valence-electron chi connectivity index (χ3n) is 6.49. The summed E-state index contributed by atoms with van der Waals surface area (Å²) in [5.41, 5.74) is 0. The molecule has 0 aromatic carbocycles. The Bertz CT molecular complexity index is 321. The Hall–Kier alpha value is -0.120. The van der Waals surface area contributed by atoms with Crippen LogP contribution in [0.2, 0.25) is 0 Å². The predicted octanol–water partition coefficient (Wildman–Crippen LogP) is 2.08. The molecule has 3 heteroatoms. The Labute approximate surface area is 124 Å². The number of nitrogens with zero attached hydrogens (tertiary/aromatic N) is 2. The van der Waals surface area contributed by atoms with Crippen LogP contribution in [0.5, 0.6) is 0 Å². The number of piperidine rings is 2. The van der Waals surface area contributed by atoms with Crippen LogP contribution in [0, 0.1) is 5.92 Å². The van der Waals surface area contributed by atoms with Crippen LogP contribution in [0.1, 0.15) is 51.4 Å². The highest BCUT2D eigenvalue weighted by Crippen LogP contribution is 2.40. The standard InChI is InChI=1S/C17H31N3/c1-19-15-4-5-16(19)11-17(10-15)20(14-2-3-14)12-13-6-8-18-9-7-13/h13-18H,2-12H2,1H3. The Morgan fingerprint density at radius 3 is 2.15 bits per heavy atom. The van der Waals surface area contributed by atoms with Crippen molar-refractivity contribution in [3.8, 4) is 0 Å². The zero-order valence-corrected chi connectivity index (χ0v) is 13.1. The van der Waals surface area contributed by atoms with E-state index in [1.54, 1.807) is 0 Å². The first kappa shape index (κ1) is 13.5. The summed E-state index contributed by atoms with van der Waals surface area (Å²) in [6, 6.07) is 3.66. The summed E-state index contributed by atoms with van der Waals surface area (Å²) in [7, 11) is 2.37. The lowest BCUT2D eigenvalue weighted by Gasteiger charge is -2.43. The van der Waals surface area contributed by atoms with Crippen LogP contribution >= 0.6 is 0 Å². The average Bonchev–Trinajstić information content (AvgIpc) is 3.28. The normalized spacial score (nSPS) is 39.6. The molecule has 4 fully saturated rings. The summed E-state index contributed by atoms with van der Waals surface area (Å²) in [4.78, 5) is 5.65. The SMILES string of the molecule is CN1C2CCC1CC(N(CC1CCNCC1)C1CC1)C2. The number of hydrogen-bond acceptors (Lipinski definition) is 3. The molecule has 1 saturated carbocycles. The van der Waals surface area contributed by atoms with Gasteiger partial charge >= 0.3 is 0 Å². The fraction of sp³-hybridized carbons (Fsp3) is 1.00. The summed E-state index contributed by atoms with van der Waals surface area (Å²) < 4.78 is 0. The molecule has 4 rings (SSSR count). The molecule has 2 atom stereocenters. The van der Waals surface area contributed by atoms with E-state index in [1.165, 1.54) is 71.0 Å². The molecule has 20 heavy (non-hydrogen) atoms. The zero-order valence-electron chi connectivity index (χ0n) is 13.1. The van der Waals surface area contributed by atoms with Crippen molar-refractivity contribution in [2.45, 2.75) is 75.5 Å². The highest BCUT2D eigenvalue weighted by Gasteiger charge is 2.44. The average molecular weight is 277 g/mol. The number of rotatable bonds is 4. The lowest BCUT2D eigenvalue weighted by Crippen LogP contribution is -2.51. The number of nitrogens with one attached hydrogen (secondary N) is 1. The van der Waals surface area contributed by atoms with E-state index in [0.717, 1.165) is 30.1 Å². The Morgan fingerprint density at radius 1 is 0.900 bits per heavy atom. The van der Waals surface area contributed by atoms with E-state index in [4.69, 9.17) is 0 Å². The van der Waals surface area contributed by atoms with Gasteiger partial charge in [0.25, 0.3) is 0 Å². The summed E-state index contributed by atoms with van der Waals surface area (Å²) in [5.74, 6) is 0.967. The molecule has 2 unspecified atom stereocenters. The topological polar surface area (TPSA) is 18.5 Å².